The van der Waals surface area contributed by atoms with Gasteiger partial charge in [-0.1, -0.05) is 147 Å². The molecule has 12 rings (SSSR count). The summed E-state index contributed by atoms with van der Waals surface area (Å²) in [7, 11) is -1.97. The summed E-state index contributed by atoms with van der Waals surface area (Å²) in [6.45, 7) is 4.73. The van der Waals surface area contributed by atoms with Crippen molar-refractivity contribution in [3.8, 4) is 55.6 Å². The fourth-order valence-electron chi connectivity index (χ4n) is 11.6. The van der Waals surface area contributed by atoms with Crippen LogP contribution in [0.15, 0.2) is 210 Å². The van der Waals surface area contributed by atoms with E-state index in [4.69, 9.17) is 0 Å². The highest BCUT2D eigenvalue weighted by Crippen LogP contribution is 2.65. The Kier molecular flexibility index (Phi) is 9.37. The van der Waals surface area contributed by atoms with Crippen molar-refractivity contribution < 1.29 is 0 Å². The second-order valence-electron chi connectivity index (χ2n) is 20.8. The number of nitrogens with zero attached hydrogens (tertiary/aromatic N) is 1. The SMILES string of the molecule is CC1(C)c2ccccc2-c2ccc(N(c3ccc(-c4ccccc4)cc3)c3ccc(-c4ccc5c(c4)C4(c6ccccc6-5)c5cc(S(C)(C)C)ccc5-c5ccc(S(C)(C)C)cc54)cc3)cc21. The number of rotatable bonds is 7. The molecule has 0 fully saturated rings. The highest BCUT2D eigenvalue weighted by atomic mass is 32.3. The van der Waals surface area contributed by atoms with Gasteiger partial charge in [-0.05, 0) is 203 Å². The number of hydrogen-bond acceptors (Lipinski definition) is 1. The molecule has 330 valence electrons. The highest BCUT2D eigenvalue weighted by molar-refractivity contribution is 8.32. The monoisotopic (exact) mass is 903 g/mol. The molecule has 9 aromatic carbocycles. The minimum Gasteiger partial charge on any atom is -0.310 e. The zero-order valence-electron chi connectivity index (χ0n) is 39.8. The van der Waals surface area contributed by atoms with E-state index in [9.17, 15) is 0 Å². The lowest BCUT2D eigenvalue weighted by atomic mass is 9.70. The fourth-order valence-corrected chi connectivity index (χ4v) is 13.5. The molecule has 0 bridgehead atoms. The normalized spacial score (nSPS) is 15.0. The van der Waals surface area contributed by atoms with Crippen molar-refractivity contribution in [2.24, 2.45) is 0 Å². The van der Waals surface area contributed by atoms with Crippen molar-refractivity contribution in [1.82, 2.24) is 0 Å². The maximum atomic E-state index is 2.58. The van der Waals surface area contributed by atoms with Gasteiger partial charge < -0.3 is 4.90 Å². The summed E-state index contributed by atoms with van der Waals surface area (Å²) >= 11 is 0. The number of hydrogen-bond donors (Lipinski definition) is 0. The minimum absolute atomic E-state index is 0.107. The third kappa shape index (κ3) is 6.38. The molecule has 0 aromatic heterocycles. The van der Waals surface area contributed by atoms with E-state index >= 15 is 0 Å². The molecule has 0 aliphatic heterocycles. The lowest BCUT2D eigenvalue weighted by Crippen LogP contribution is -2.26. The quantitative estimate of drug-likeness (QED) is 0.154. The molecule has 9 aromatic rings. The molecule has 3 aliphatic carbocycles. The van der Waals surface area contributed by atoms with E-state index < -0.39 is 25.5 Å². The number of anilines is 3. The molecule has 0 saturated carbocycles. The summed E-state index contributed by atoms with van der Waals surface area (Å²) < 4.78 is 0. The van der Waals surface area contributed by atoms with E-state index in [1.807, 2.05) is 0 Å². The van der Waals surface area contributed by atoms with Gasteiger partial charge in [-0.2, -0.15) is 0 Å². The smallest absolute Gasteiger partial charge is 0.0726 e. The lowest BCUT2D eigenvalue weighted by Gasteiger charge is -2.34. The molecule has 1 nitrogen and oxygen atoms in total. The molecule has 67 heavy (non-hydrogen) atoms. The van der Waals surface area contributed by atoms with Gasteiger partial charge in [-0.25, -0.2) is 20.1 Å². The first-order valence-corrected chi connectivity index (χ1v) is 29.2. The zero-order valence-corrected chi connectivity index (χ0v) is 41.4. The van der Waals surface area contributed by atoms with Crippen LogP contribution in [0.4, 0.5) is 17.1 Å². The van der Waals surface area contributed by atoms with Crippen molar-refractivity contribution in [2.45, 2.75) is 34.5 Å². The van der Waals surface area contributed by atoms with Crippen molar-refractivity contribution in [2.75, 3.05) is 42.4 Å². The molecule has 0 heterocycles. The Morgan fingerprint density at radius 3 is 1.25 bits per heavy atom. The summed E-state index contributed by atoms with van der Waals surface area (Å²) in [5.74, 6) is 0. The van der Waals surface area contributed by atoms with Gasteiger partial charge in [0, 0.05) is 22.5 Å². The Balaban J connectivity index is 1.00. The Bertz CT molecular complexity index is 3370. The predicted molar refractivity (Wildman–Crippen MR) is 293 cm³/mol. The van der Waals surface area contributed by atoms with Gasteiger partial charge in [0.2, 0.25) is 0 Å². The largest absolute Gasteiger partial charge is 0.310 e. The molecule has 0 amide bonds. The molecular weight excluding hydrogens is 847 g/mol. The van der Waals surface area contributed by atoms with E-state index in [1.165, 1.54) is 98.8 Å². The second kappa shape index (κ2) is 15.0. The first-order valence-electron chi connectivity index (χ1n) is 23.4. The number of fused-ring (bicyclic) bond motifs is 13. The summed E-state index contributed by atoms with van der Waals surface area (Å²) in [4.78, 5) is 5.34. The van der Waals surface area contributed by atoms with Gasteiger partial charge in [-0.3, -0.25) is 0 Å². The van der Waals surface area contributed by atoms with Gasteiger partial charge in [0.05, 0.1) is 5.41 Å². The van der Waals surface area contributed by atoms with Crippen LogP contribution >= 0.6 is 20.1 Å². The maximum Gasteiger partial charge on any atom is 0.0726 e. The predicted octanol–water partition coefficient (Wildman–Crippen LogP) is 17.2. The summed E-state index contributed by atoms with van der Waals surface area (Å²) in [6, 6.07) is 76.4. The summed E-state index contributed by atoms with van der Waals surface area (Å²) in [6.07, 6.45) is 14.5. The fraction of sp³-hybridized carbons (Fsp3) is 0.156. The van der Waals surface area contributed by atoms with Crippen LogP contribution in [0.3, 0.4) is 0 Å². The Labute approximate surface area is 400 Å². The van der Waals surface area contributed by atoms with Gasteiger partial charge in [0.1, 0.15) is 0 Å². The van der Waals surface area contributed by atoms with Gasteiger partial charge in [-0.15, -0.1) is 0 Å². The minimum atomic E-state index is -0.983. The van der Waals surface area contributed by atoms with E-state index in [2.05, 4.69) is 256 Å². The molecule has 3 aliphatic rings. The average molecular weight is 904 g/mol. The van der Waals surface area contributed by atoms with Gasteiger partial charge in [0.25, 0.3) is 0 Å². The van der Waals surface area contributed by atoms with Gasteiger partial charge >= 0.3 is 0 Å². The summed E-state index contributed by atoms with van der Waals surface area (Å²) in [5, 5.41) is 0. The molecule has 0 unspecified atom stereocenters. The molecule has 1 spiro atoms. The van der Waals surface area contributed by atoms with Crippen LogP contribution in [0.25, 0.3) is 55.6 Å². The molecule has 3 heteroatoms. The molecule has 0 N–H and O–H groups in total. The molecule has 0 radical (unpaired) electrons. The lowest BCUT2D eigenvalue weighted by molar-refractivity contribution is 0.660. The number of benzene rings is 9. The molecule has 0 saturated heterocycles. The highest BCUT2D eigenvalue weighted by Gasteiger charge is 2.52. The van der Waals surface area contributed by atoms with Crippen LogP contribution in [0.5, 0.6) is 0 Å². The van der Waals surface area contributed by atoms with E-state index in [-0.39, 0.29) is 5.41 Å². The molecular formula is C64H57NS2. The standard InChI is InChI=1S/C64H57NS2/c1-63(2)57-20-14-12-18-51(57)53-35-31-48(39-59(53)63)65(46-27-22-43(23-28-46)42-16-10-9-11-17-42)47-29-24-44(25-30-47)45-26-34-54-52-19-13-15-21-58(52)64(60(54)38-45)61-40-49(66(3,4)5)32-36-55(61)56-37-33-50(41-62(56)64)67(6,7)8/h9-41H,1-8H3. The third-order valence-electron chi connectivity index (χ3n) is 15.1. The summed E-state index contributed by atoms with van der Waals surface area (Å²) in [5.41, 5.74) is 24.2. The maximum absolute atomic E-state index is 2.58. The van der Waals surface area contributed by atoms with Crippen LogP contribution in [-0.4, -0.2) is 37.5 Å². The van der Waals surface area contributed by atoms with E-state index in [0.717, 1.165) is 17.1 Å². The van der Waals surface area contributed by atoms with Crippen molar-refractivity contribution >= 4 is 37.1 Å². The van der Waals surface area contributed by atoms with E-state index in [0.29, 0.717) is 0 Å². The average Bonchev–Trinajstić information content (AvgIpc) is 3.89. The van der Waals surface area contributed by atoms with Crippen molar-refractivity contribution in [3.63, 3.8) is 0 Å². The second-order valence-corrected chi connectivity index (χ2v) is 29.1. The third-order valence-corrected chi connectivity index (χ3v) is 18.4. The first kappa shape index (κ1) is 41.9. The molecule has 0 atom stereocenters. The Morgan fingerprint density at radius 2 is 0.687 bits per heavy atom. The first-order chi connectivity index (χ1) is 32.2. The van der Waals surface area contributed by atoms with Crippen molar-refractivity contribution in [3.05, 3.63) is 234 Å². The zero-order chi connectivity index (χ0) is 46.0. The van der Waals surface area contributed by atoms with Crippen molar-refractivity contribution in [1.29, 1.82) is 0 Å². The topological polar surface area (TPSA) is 3.24 Å². The van der Waals surface area contributed by atoms with Crippen LogP contribution in [-0.2, 0) is 10.8 Å². The van der Waals surface area contributed by atoms with Crippen LogP contribution in [0.2, 0.25) is 0 Å². The van der Waals surface area contributed by atoms with Crippen LogP contribution in [0.1, 0.15) is 47.2 Å². The van der Waals surface area contributed by atoms with Crippen LogP contribution in [0, 0.1) is 0 Å². The Hall–Kier alpha value is -6.52. The Morgan fingerprint density at radius 1 is 0.299 bits per heavy atom. The van der Waals surface area contributed by atoms with E-state index in [1.54, 1.807) is 0 Å². The van der Waals surface area contributed by atoms with Gasteiger partial charge in [0.15, 0.2) is 0 Å². The van der Waals surface area contributed by atoms with Crippen LogP contribution < -0.4 is 4.90 Å².